The Morgan fingerprint density at radius 3 is 1.84 bits per heavy atom. The molecule has 6 heteroatoms. The van der Waals surface area contributed by atoms with Gasteiger partial charge in [-0.3, -0.25) is 14.5 Å². The number of carbonyl (C=O) groups excluding carboxylic acids is 1. The normalized spacial score (nSPS) is 28.2. The van der Waals surface area contributed by atoms with Crippen molar-refractivity contribution in [1.82, 2.24) is 9.80 Å². The van der Waals surface area contributed by atoms with E-state index in [4.69, 9.17) is 4.74 Å². The minimum Gasteiger partial charge on any atom is -0.481 e. The molecule has 6 nitrogen and oxygen atoms in total. The van der Waals surface area contributed by atoms with Crippen LogP contribution >= 0.6 is 0 Å². The third-order valence-electron chi connectivity index (χ3n) is 7.07. The van der Waals surface area contributed by atoms with Gasteiger partial charge in [-0.1, -0.05) is 60.7 Å². The number of carbonyl (C=O) groups is 2. The zero-order valence-corrected chi connectivity index (χ0v) is 17.5. The molecule has 1 amide bonds. The summed E-state index contributed by atoms with van der Waals surface area (Å²) in [6.45, 7) is 2.71. The Bertz CT molecular complexity index is 888. The number of benzene rings is 2. The molecule has 2 bridgehead atoms. The Morgan fingerprint density at radius 2 is 1.32 bits per heavy atom. The number of hydrogen-bond donors (Lipinski definition) is 1. The molecule has 2 aromatic rings. The second-order valence-electron chi connectivity index (χ2n) is 8.77. The van der Waals surface area contributed by atoms with Gasteiger partial charge in [-0.2, -0.15) is 0 Å². The van der Waals surface area contributed by atoms with Gasteiger partial charge in [0, 0.05) is 26.2 Å². The van der Waals surface area contributed by atoms with Gasteiger partial charge in [0.25, 0.3) is 0 Å². The van der Waals surface area contributed by atoms with E-state index in [2.05, 4.69) is 53.4 Å². The summed E-state index contributed by atoms with van der Waals surface area (Å²) in [7, 11) is 0. The summed E-state index contributed by atoms with van der Waals surface area (Å²) < 4.78 is 5.81. The average Bonchev–Trinajstić information content (AvgIpc) is 3.43. The van der Waals surface area contributed by atoms with Crippen molar-refractivity contribution >= 4 is 11.9 Å². The van der Waals surface area contributed by atoms with Gasteiger partial charge in [-0.15, -0.1) is 0 Å². The van der Waals surface area contributed by atoms with Crippen molar-refractivity contribution in [3.05, 3.63) is 71.8 Å². The highest BCUT2D eigenvalue weighted by Crippen LogP contribution is 2.44. The first-order valence-corrected chi connectivity index (χ1v) is 11.1. The van der Waals surface area contributed by atoms with Gasteiger partial charge < -0.3 is 14.7 Å². The summed E-state index contributed by atoms with van der Waals surface area (Å²) in [6.07, 6.45) is 0.987. The second kappa shape index (κ2) is 8.44. The van der Waals surface area contributed by atoms with Crippen molar-refractivity contribution in [2.75, 3.05) is 26.2 Å². The summed E-state index contributed by atoms with van der Waals surface area (Å²) in [6, 6.07) is 21.0. The monoisotopic (exact) mass is 420 g/mol. The summed E-state index contributed by atoms with van der Waals surface area (Å²) in [5, 5.41) is 9.66. The molecular weight excluding hydrogens is 392 g/mol. The van der Waals surface area contributed by atoms with Crippen LogP contribution in [0, 0.1) is 11.8 Å². The average molecular weight is 421 g/mol. The maximum atomic E-state index is 13.3. The Labute approximate surface area is 182 Å². The van der Waals surface area contributed by atoms with Crippen molar-refractivity contribution in [1.29, 1.82) is 0 Å². The van der Waals surface area contributed by atoms with E-state index in [1.54, 1.807) is 0 Å². The molecule has 3 aliphatic heterocycles. The molecular formula is C25H28N2O4. The molecule has 0 saturated carbocycles. The van der Waals surface area contributed by atoms with Gasteiger partial charge >= 0.3 is 5.97 Å². The van der Waals surface area contributed by atoms with Gasteiger partial charge in [0.1, 0.15) is 0 Å². The molecule has 31 heavy (non-hydrogen) atoms. The topological polar surface area (TPSA) is 70.1 Å². The molecule has 0 spiro atoms. The molecule has 3 saturated heterocycles. The maximum Gasteiger partial charge on any atom is 0.310 e. The number of carboxylic acid groups (broad SMARTS) is 1. The van der Waals surface area contributed by atoms with Crippen LogP contribution < -0.4 is 0 Å². The molecule has 2 aromatic carbocycles. The Hall–Kier alpha value is -2.70. The van der Waals surface area contributed by atoms with Crippen LogP contribution in [0.25, 0.3) is 0 Å². The molecule has 4 atom stereocenters. The first-order chi connectivity index (χ1) is 15.1. The van der Waals surface area contributed by atoms with Crippen LogP contribution in [-0.4, -0.2) is 65.2 Å². The molecule has 0 aliphatic carbocycles. The fourth-order valence-corrected chi connectivity index (χ4v) is 5.60. The lowest BCUT2D eigenvalue weighted by atomic mass is 9.78. The number of carboxylic acids is 1. The largest absolute Gasteiger partial charge is 0.481 e. The lowest BCUT2D eigenvalue weighted by Crippen LogP contribution is -2.54. The lowest BCUT2D eigenvalue weighted by molar-refractivity contribution is -0.151. The number of aliphatic carboxylic acids is 1. The van der Waals surface area contributed by atoms with E-state index in [1.807, 2.05) is 17.0 Å². The highest BCUT2D eigenvalue weighted by molar-refractivity contribution is 5.86. The number of fused-ring (bicyclic) bond motifs is 2. The molecule has 3 aliphatic rings. The molecule has 162 valence electrons. The number of amides is 1. The van der Waals surface area contributed by atoms with Crippen molar-refractivity contribution in [2.24, 2.45) is 11.8 Å². The molecule has 5 rings (SSSR count). The van der Waals surface area contributed by atoms with Gasteiger partial charge in [0.15, 0.2) is 0 Å². The molecule has 0 aromatic heterocycles. The third-order valence-corrected chi connectivity index (χ3v) is 7.07. The van der Waals surface area contributed by atoms with E-state index >= 15 is 0 Å². The van der Waals surface area contributed by atoms with Gasteiger partial charge in [0.2, 0.25) is 5.91 Å². The van der Waals surface area contributed by atoms with Crippen LogP contribution in [0.4, 0.5) is 0 Å². The van der Waals surface area contributed by atoms with E-state index < -0.39 is 17.8 Å². The van der Waals surface area contributed by atoms with Crippen LogP contribution in [0.3, 0.4) is 0 Å². The van der Waals surface area contributed by atoms with E-state index in [-0.39, 0.29) is 24.2 Å². The van der Waals surface area contributed by atoms with Gasteiger partial charge in [-0.25, -0.2) is 0 Å². The Balaban J connectivity index is 1.31. The SMILES string of the molecule is O=C(O)[C@@H]1[C@H](C(=O)N2CCN(C(c3ccccc3)c3ccccc3)CC2)[C@@H]2CC[C@@H]1O2. The predicted molar refractivity (Wildman–Crippen MR) is 115 cm³/mol. The number of nitrogens with zero attached hydrogens (tertiary/aromatic N) is 2. The second-order valence-corrected chi connectivity index (χ2v) is 8.77. The van der Waals surface area contributed by atoms with E-state index in [9.17, 15) is 14.7 Å². The zero-order chi connectivity index (χ0) is 21.4. The van der Waals surface area contributed by atoms with E-state index in [0.717, 1.165) is 25.9 Å². The van der Waals surface area contributed by atoms with E-state index in [0.29, 0.717) is 13.1 Å². The molecule has 3 fully saturated rings. The highest BCUT2D eigenvalue weighted by atomic mass is 16.5. The summed E-state index contributed by atoms with van der Waals surface area (Å²) >= 11 is 0. The summed E-state index contributed by atoms with van der Waals surface area (Å²) in [5.41, 5.74) is 2.47. The van der Waals surface area contributed by atoms with Crippen LogP contribution in [0.5, 0.6) is 0 Å². The molecule has 0 radical (unpaired) electrons. The first kappa shape index (κ1) is 20.2. The Kier molecular flexibility index (Phi) is 5.50. The van der Waals surface area contributed by atoms with Crippen molar-refractivity contribution in [2.45, 2.75) is 31.1 Å². The van der Waals surface area contributed by atoms with Gasteiger partial charge in [0.05, 0.1) is 30.1 Å². The number of piperazine rings is 1. The quantitative estimate of drug-likeness (QED) is 0.806. The number of hydrogen-bond acceptors (Lipinski definition) is 4. The van der Waals surface area contributed by atoms with Crippen LogP contribution in [0.15, 0.2) is 60.7 Å². The molecule has 3 heterocycles. The third kappa shape index (κ3) is 3.75. The fourth-order valence-electron chi connectivity index (χ4n) is 5.60. The lowest BCUT2D eigenvalue weighted by Gasteiger charge is -2.41. The predicted octanol–water partition coefficient (Wildman–Crippen LogP) is 2.80. The number of rotatable bonds is 5. The molecule has 0 unspecified atom stereocenters. The minimum atomic E-state index is -0.905. The highest BCUT2D eigenvalue weighted by Gasteiger charge is 2.56. The summed E-state index contributed by atoms with van der Waals surface area (Å²) in [5.74, 6) is -2.19. The standard InChI is InChI=1S/C25H28N2O4/c28-24(21-19-11-12-20(31-19)22(21)25(29)30)27-15-13-26(14-16-27)23(17-7-3-1-4-8-17)18-9-5-2-6-10-18/h1-10,19-23H,11-16H2,(H,29,30)/t19-,20-,21+,22-/m0/s1. The molecule has 1 N–H and O–H groups in total. The van der Waals surface area contributed by atoms with Crippen LogP contribution in [0.1, 0.15) is 30.0 Å². The minimum absolute atomic E-state index is 0.0461. The first-order valence-electron chi connectivity index (χ1n) is 11.1. The van der Waals surface area contributed by atoms with E-state index in [1.165, 1.54) is 11.1 Å². The maximum absolute atomic E-state index is 13.3. The van der Waals surface area contributed by atoms with Crippen molar-refractivity contribution in [3.8, 4) is 0 Å². The fraction of sp³-hybridized carbons (Fsp3) is 0.440. The smallest absolute Gasteiger partial charge is 0.310 e. The van der Waals surface area contributed by atoms with Crippen LogP contribution in [-0.2, 0) is 14.3 Å². The van der Waals surface area contributed by atoms with Crippen molar-refractivity contribution < 1.29 is 19.4 Å². The van der Waals surface area contributed by atoms with Gasteiger partial charge in [-0.05, 0) is 24.0 Å². The van der Waals surface area contributed by atoms with Crippen molar-refractivity contribution in [3.63, 3.8) is 0 Å². The van der Waals surface area contributed by atoms with Crippen LogP contribution in [0.2, 0.25) is 0 Å². The number of ether oxygens (including phenoxy) is 1. The zero-order valence-electron chi connectivity index (χ0n) is 17.5. The summed E-state index contributed by atoms with van der Waals surface area (Å²) in [4.78, 5) is 29.3. The Morgan fingerprint density at radius 1 is 0.806 bits per heavy atom.